The molecule has 16 heavy (non-hydrogen) atoms. The van der Waals surface area contributed by atoms with Crippen molar-refractivity contribution in [1.82, 2.24) is 4.98 Å². The van der Waals surface area contributed by atoms with Crippen LogP contribution in [0.15, 0.2) is 29.1 Å². The number of fused-ring (bicyclic) bond motifs is 3. The third kappa shape index (κ3) is 1.18. The van der Waals surface area contributed by atoms with E-state index in [1.54, 1.807) is 6.07 Å². The van der Waals surface area contributed by atoms with E-state index in [0.717, 1.165) is 5.39 Å². The molecule has 0 spiro atoms. The Morgan fingerprint density at radius 1 is 1.19 bits per heavy atom. The number of benzene rings is 1. The number of carbonyl (C=O) groups excluding carboxylic acids is 1. The standard InChI is InChI=1S/C11H8N2O3/c14-8-5-16-10-6-3-1-2-4-7(6)12-11(15)9(10)13-8/h1-4H,5H2,(H,12,15)(H,13,14). The number of para-hydroxylation sites is 1. The zero-order valence-corrected chi connectivity index (χ0v) is 8.24. The molecule has 0 bridgehead atoms. The molecule has 1 aromatic heterocycles. The van der Waals surface area contributed by atoms with E-state index in [0.29, 0.717) is 11.3 Å². The van der Waals surface area contributed by atoms with Crippen LogP contribution in [-0.2, 0) is 4.79 Å². The van der Waals surface area contributed by atoms with Gasteiger partial charge in [0.15, 0.2) is 18.0 Å². The molecule has 1 amide bonds. The maximum atomic E-state index is 11.7. The minimum Gasteiger partial charge on any atom is -0.481 e. The number of hydrogen-bond donors (Lipinski definition) is 2. The predicted molar refractivity (Wildman–Crippen MR) is 58.7 cm³/mol. The number of H-pyrrole nitrogens is 1. The molecule has 1 aliphatic rings. The Kier molecular flexibility index (Phi) is 1.73. The second-order valence-electron chi connectivity index (χ2n) is 3.54. The van der Waals surface area contributed by atoms with E-state index in [2.05, 4.69) is 10.3 Å². The van der Waals surface area contributed by atoms with E-state index in [4.69, 9.17) is 4.74 Å². The van der Waals surface area contributed by atoms with Gasteiger partial charge in [-0.2, -0.15) is 0 Å². The number of anilines is 1. The van der Waals surface area contributed by atoms with Crippen LogP contribution < -0.4 is 15.6 Å². The first kappa shape index (κ1) is 8.96. The van der Waals surface area contributed by atoms with Gasteiger partial charge >= 0.3 is 0 Å². The monoisotopic (exact) mass is 216 g/mol. The fourth-order valence-electron chi connectivity index (χ4n) is 1.79. The average molecular weight is 216 g/mol. The largest absolute Gasteiger partial charge is 0.481 e. The third-order valence-electron chi connectivity index (χ3n) is 2.49. The molecular formula is C11H8N2O3. The zero-order chi connectivity index (χ0) is 11.1. The highest BCUT2D eigenvalue weighted by Crippen LogP contribution is 2.31. The molecule has 80 valence electrons. The number of amides is 1. The van der Waals surface area contributed by atoms with Crippen LogP contribution in [0.4, 0.5) is 5.69 Å². The molecule has 5 nitrogen and oxygen atoms in total. The minimum atomic E-state index is -0.346. The van der Waals surface area contributed by atoms with Crippen LogP contribution in [0.5, 0.6) is 5.75 Å². The summed E-state index contributed by atoms with van der Waals surface area (Å²) >= 11 is 0. The van der Waals surface area contributed by atoms with E-state index < -0.39 is 0 Å². The van der Waals surface area contributed by atoms with Gasteiger partial charge in [0.25, 0.3) is 11.5 Å². The van der Waals surface area contributed by atoms with E-state index in [1.165, 1.54) is 0 Å². The first-order valence-corrected chi connectivity index (χ1v) is 4.83. The number of nitrogens with one attached hydrogen (secondary N) is 2. The number of hydrogen-bond acceptors (Lipinski definition) is 3. The smallest absolute Gasteiger partial charge is 0.276 e. The van der Waals surface area contributed by atoms with Gasteiger partial charge in [-0.1, -0.05) is 12.1 Å². The molecule has 3 rings (SSSR count). The van der Waals surface area contributed by atoms with Gasteiger partial charge in [0, 0.05) is 5.39 Å². The highest BCUT2D eigenvalue weighted by Gasteiger charge is 2.21. The highest BCUT2D eigenvalue weighted by molar-refractivity contribution is 6.00. The summed E-state index contributed by atoms with van der Waals surface area (Å²) in [5.41, 5.74) is 0.541. The molecule has 1 aliphatic heterocycles. The van der Waals surface area contributed by atoms with E-state index >= 15 is 0 Å². The predicted octanol–water partition coefficient (Wildman–Crippen LogP) is 0.859. The average Bonchev–Trinajstić information content (AvgIpc) is 2.29. The van der Waals surface area contributed by atoms with Gasteiger partial charge in [-0.3, -0.25) is 9.59 Å². The van der Waals surface area contributed by atoms with Gasteiger partial charge in [-0.25, -0.2) is 0 Å². The number of rotatable bonds is 0. The summed E-state index contributed by atoms with van der Waals surface area (Å²) in [6, 6.07) is 7.30. The van der Waals surface area contributed by atoms with Crippen molar-refractivity contribution in [2.45, 2.75) is 0 Å². The van der Waals surface area contributed by atoms with Crippen molar-refractivity contribution in [3.63, 3.8) is 0 Å². The van der Waals surface area contributed by atoms with Crippen LogP contribution in [0, 0.1) is 0 Å². The molecule has 5 heteroatoms. The van der Waals surface area contributed by atoms with Crippen LogP contribution in [0.1, 0.15) is 0 Å². The first-order chi connectivity index (χ1) is 7.75. The fraction of sp³-hybridized carbons (Fsp3) is 0.0909. The summed E-state index contributed by atoms with van der Waals surface area (Å²) in [6.45, 7) is -0.0551. The molecule has 0 radical (unpaired) electrons. The lowest BCUT2D eigenvalue weighted by Gasteiger charge is -2.18. The quantitative estimate of drug-likeness (QED) is 0.686. The number of ether oxygens (including phenoxy) is 1. The van der Waals surface area contributed by atoms with Crippen LogP contribution in [0.2, 0.25) is 0 Å². The van der Waals surface area contributed by atoms with Crippen LogP contribution in [0.3, 0.4) is 0 Å². The lowest BCUT2D eigenvalue weighted by Crippen LogP contribution is -2.30. The van der Waals surface area contributed by atoms with Crippen molar-refractivity contribution in [3.05, 3.63) is 34.6 Å². The summed E-state index contributed by atoms with van der Waals surface area (Å²) in [5, 5.41) is 3.30. The summed E-state index contributed by atoms with van der Waals surface area (Å²) < 4.78 is 5.30. The lowest BCUT2D eigenvalue weighted by molar-refractivity contribution is -0.118. The van der Waals surface area contributed by atoms with Gasteiger partial charge < -0.3 is 15.0 Å². The normalized spacial score (nSPS) is 14.1. The first-order valence-electron chi connectivity index (χ1n) is 4.83. The third-order valence-corrected chi connectivity index (χ3v) is 2.49. The summed E-state index contributed by atoms with van der Waals surface area (Å²) in [5.74, 6) is 0.132. The van der Waals surface area contributed by atoms with Crippen LogP contribution >= 0.6 is 0 Å². The highest BCUT2D eigenvalue weighted by atomic mass is 16.5. The van der Waals surface area contributed by atoms with Crippen molar-refractivity contribution < 1.29 is 9.53 Å². The topological polar surface area (TPSA) is 71.2 Å². The Hall–Kier alpha value is -2.30. The zero-order valence-electron chi connectivity index (χ0n) is 8.24. The van der Waals surface area contributed by atoms with Crippen molar-refractivity contribution in [2.24, 2.45) is 0 Å². The Bertz CT molecular complexity index is 645. The van der Waals surface area contributed by atoms with Gasteiger partial charge in [0.05, 0.1) is 5.52 Å². The van der Waals surface area contributed by atoms with Gasteiger partial charge in [-0.15, -0.1) is 0 Å². The molecule has 0 fully saturated rings. The molecule has 0 atom stereocenters. The van der Waals surface area contributed by atoms with Crippen LogP contribution in [0.25, 0.3) is 10.9 Å². The van der Waals surface area contributed by atoms with E-state index in [9.17, 15) is 9.59 Å². The second kappa shape index (κ2) is 3.10. The number of aromatic nitrogens is 1. The van der Waals surface area contributed by atoms with Gasteiger partial charge in [0.1, 0.15) is 0 Å². The Morgan fingerprint density at radius 2 is 2.00 bits per heavy atom. The van der Waals surface area contributed by atoms with Gasteiger partial charge in [-0.05, 0) is 12.1 Å². The number of carbonyl (C=O) groups is 1. The van der Waals surface area contributed by atoms with Gasteiger partial charge in [0.2, 0.25) is 0 Å². The minimum absolute atomic E-state index is 0.0551. The molecule has 1 aromatic carbocycles. The molecule has 0 unspecified atom stereocenters. The fourth-order valence-corrected chi connectivity index (χ4v) is 1.79. The Balaban J connectivity index is 2.40. The second-order valence-corrected chi connectivity index (χ2v) is 3.54. The van der Waals surface area contributed by atoms with Crippen molar-refractivity contribution in [1.29, 1.82) is 0 Å². The van der Waals surface area contributed by atoms with Crippen molar-refractivity contribution >= 4 is 22.5 Å². The lowest BCUT2D eigenvalue weighted by atomic mass is 10.1. The molecule has 0 aliphatic carbocycles. The maximum Gasteiger partial charge on any atom is 0.276 e. The molecule has 2 aromatic rings. The Labute approximate surface area is 90.0 Å². The number of pyridine rings is 1. The van der Waals surface area contributed by atoms with E-state index in [-0.39, 0.29) is 23.8 Å². The summed E-state index contributed by atoms with van der Waals surface area (Å²) in [7, 11) is 0. The van der Waals surface area contributed by atoms with Crippen molar-refractivity contribution in [3.8, 4) is 5.75 Å². The SMILES string of the molecule is O=C1COc2c(c(=O)[nH]c3ccccc23)N1. The molecule has 0 saturated carbocycles. The maximum absolute atomic E-state index is 11.7. The van der Waals surface area contributed by atoms with Crippen molar-refractivity contribution in [2.75, 3.05) is 11.9 Å². The summed E-state index contributed by atoms with van der Waals surface area (Å²) in [6.07, 6.45) is 0. The van der Waals surface area contributed by atoms with E-state index in [1.807, 2.05) is 18.2 Å². The number of aromatic amines is 1. The molecule has 2 N–H and O–H groups in total. The molecule has 2 heterocycles. The molecule has 0 saturated heterocycles. The summed E-state index contributed by atoms with van der Waals surface area (Å²) in [4.78, 5) is 25.5. The van der Waals surface area contributed by atoms with Crippen LogP contribution in [-0.4, -0.2) is 17.5 Å². The Morgan fingerprint density at radius 3 is 2.88 bits per heavy atom. The molecular weight excluding hydrogens is 208 g/mol.